The number of halogens is 1. The Kier molecular flexibility index (Phi) is 6.67. The molecule has 140 valence electrons. The summed E-state index contributed by atoms with van der Waals surface area (Å²) in [5, 5.41) is 3.31. The van der Waals surface area contributed by atoms with Gasteiger partial charge in [0, 0.05) is 17.1 Å². The molecule has 0 bridgehead atoms. The van der Waals surface area contributed by atoms with Crippen LogP contribution in [0.1, 0.15) is 28.4 Å². The SMILES string of the molecule is CCc1cccc(C)c1N(CCNC(=O)c1ccc(Cl)cc1)S(C)(=O)=O. The zero-order valence-electron chi connectivity index (χ0n) is 15.1. The van der Waals surface area contributed by atoms with Gasteiger partial charge in [-0.2, -0.15) is 0 Å². The van der Waals surface area contributed by atoms with E-state index in [1.165, 1.54) is 10.6 Å². The highest BCUT2D eigenvalue weighted by atomic mass is 35.5. The smallest absolute Gasteiger partial charge is 0.251 e. The lowest BCUT2D eigenvalue weighted by atomic mass is 10.1. The molecule has 7 heteroatoms. The fraction of sp³-hybridized carbons (Fsp3) is 0.316. The number of carbonyl (C=O) groups excluding carboxylic acids is 1. The van der Waals surface area contributed by atoms with Crippen molar-refractivity contribution in [2.24, 2.45) is 0 Å². The van der Waals surface area contributed by atoms with Crippen molar-refractivity contribution in [1.82, 2.24) is 5.32 Å². The molecule has 0 radical (unpaired) electrons. The van der Waals surface area contributed by atoms with Gasteiger partial charge >= 0.3 is 0 Å². The molecule has 0 aliphatic carbocycles. The van der Waals surface area contributed by atoms with Crippen LogP contribution in [0.25, 0.3) is 0 Å². The Balaban J connectivity index is 2.16. The Bertz CT molecular complexity index is 880. The summed E-state index contributed by atoms with van der Waals surface area (Å²) in [6.07, 6.45) is 1.90. The molecule has 0 spiro atoms. The summed E-state index contributed by atoms with van der Waals surface area (Å²) in [5.41, 5.74) is 3.02. The second-order valence-corrected chi connectivity index (χ2v) is 8.38. The minimum atomic E-state index is -3.48. The van der Waals surface area contributed by atoms with Gasteiger partial charge in [0.05, 0.1) is 18.5 Å². The molecule has 0 saturated heterocycles. The molecule has 0 saturated carbocycles. The highest BCUT2D eigenvalue weighted by Crippen LogP contribution is 2.27. The molecule has 1 N–H and O–H groups in total. The van der Waals surface area contributed by atoms with Crippen LogP contribution in [0.15, 0.2) is 42.5 Å². The quantitative estimate of drug-likeness (QED) is 0.782. The van der Waals surface area contributed by atoms with Crippen LogP contribution in [0.5, 0.6) is 0 Å². The summed E-state index contributed by atoms with van der Waals surface area (Å²) in [6.45, 7) is 4.24. The Morgan fingerprint density at radius 2 is 1.81 bits per heavy atom. The van der Waals surface area contributed by atoms with Gasteiger partial charge in [0.1, 0.15) is 0 Å². The van der Waals surface area contributed by atoms with Gasteiger partial charge in [-0.1, -0.05) is 36.7 Å². The number of carbonyl (C=O) groups is 1. The third-order valence-electron chi connectivity index (χ3n) is 4.06. The first-order chi connectivity index (χ1) is 12.2. The minimum Gasteiger partial charge on any atom is -0.350 e. The van der Waals surface area contributed by atoms with Gasteiger partial charge in [-0.25, -0.2) is 8.42 Å². The number of hydrogen-bond donors (Lipinski definition) is 1. The van der Waals surface area contributed by atoms with Crippen molar-refractivity contribution in [1.29, 1.82) is 0 Å². The summed E-state index contributed by atoms with van der Waals surface area (Å²) in [5.74, 6) is -0.268. The van der Waals surface area contributed by atoms with Crippen molar-refractivity contribution < 1.29 is 13.2 Å². The van der Waals surface area contributed by atoms with Crippen LogP contribution in [-0.4, -0.2) is 33.7 Å². The summed E-state index contributed by atoms with van der Waals surface area (Å²) < 4.78 is 26.0. The van der Waals surface area contributed by atoms with Crippen LogP contribution >= 0.6 is 11.6 Å². The normalized spacial score (nSPS) is 11.2. The standard InChI is InChI=1S/C19H23ClN2O3S/c1-4-15-7-5-6-14(2)18(15)22(26(3,24)25)13-12-21-19(23)16-8-10-17(20)11-9-16/h5-11H,4,12-13H2,1-3H3,(H,21,23). The van der Waals surface area contributed by atoms with Gasteiger partial charge < -0.3 is 5.32 Å². The van der Waals surface area contributed by atoms with E-state index < -0.39 is 10.0 Å². The summed E-state index contributed by atoms with van der Waals surface area (Å²) in [7, 11) is -3.48. The average Bonchev–Trinajstić information content (AvgIpc) is 2.58. The number of aryl methyl sites for hydroxylation is 2. The molecule has 0 atom stereocenters. The largest absolute Gasteiger partial charge is 0.350 e. The maximum atomic E-state index is 12.3. The van der Waals surface area contributed by atoms with E-state index in [2.05, 4.69) is 5.32 Å². The first-order valence-corrected chi connectivity index (χ1v) is 10.6. The van der Waals surface area contributed by atoms with E-state index in [-0.39, 0.29) is 19.0 Å². The fourth-order valence-electron chi connectivity index (χ4n) is 2.78. The second-order valence-electron chi connectivity index (χ2n) is 6.03. The molecule has 0 heterocycles. The number of hydrogen-bond acceptors (Lipinski definition) is 3. The molecule has 0 unspecified atom stereocenters. The summed E-state index contributed by atoms with van der Waals surface area (Å²) in [6, 6.07) is 12.3. The topological polar surface area (TPSA) is 66.5 Å². The second kappa shape index (κ2) is 8.56. The van der Waals surface area contributed by atoms with E-state index >= 15 is 0 Å². The number of nitrogens with one attached hydrogen (secondary N) is 1. The predicted molar refractivity (Wildman–Crippen MR) is 107 cm³/mol. The van der Waals surface area contributed by atoms with Gasteiger partial charge in [0.2, 0.25) is 10.0 Å². The van der Waals surface area contributed by atoms with Crippen molar-refractivity contribution in [2.45, 2.75) is 20.3 Å². The third kappa shape index (κ3) is 4.99. The summed E-state index contributed by atoms with van der Waals surface area (Å²) >= 11 is 5.82. The maximum Gasteiger partial charge on any atom is 0.251 e. The zero-order valence-corrected chi connectivity index (χ0v) is 16.7. The molecule has 0 aliphatic rings. The number of amides is 1. The minimum absolute atomic E-state index is 0.163. The Morgan fingerprint density at radius 1 is 1.15 bits per heavy atom. The lowest BCUT2D eigenvalue weighted by Gasteiger charge is -2.26. The summed E-state index contributed by atoms with van der Waals surface area (Å²) in [4.78, 5) is 12.2. The van der Waals surface area contributed by atoms with Crippen LogP contribution in [0.2, 0.25) is 5.02 Å². The van der Waals surface area contributed by atoms with Crippen molar-refractivity contribution >= 4 is 33.2 Å². The highest BCUT2D eigenvalue weighted by Gasteiger charge is 2.21. The Morgan fingerprint density at radius 3 is 2.38 bits per heavy atom. The van der Waals surface area contributed by atoms with E-state index in [1.807, 2.05) is 32.0 Å². The van der Waals surface area contributed by atoms with E-state index in [9.17, 15) is 13.2 Å². The molecule has 5 nitrogen and oxygen atoms in total. The number of benzene rings is 2. The fourth-order valence-corrected chi connectivity index (χ4v) is 3.92. The van der Waals surface area contributed by atoms with Crippen molar-refractivity contribution in [2.75, 3.05) is 23.7 Å². The molecule has 2 rings (SSSR count). The van der Waals surface area contributed by atoms with Gasteiger partial charge in [0.25, 0.3) is 5.91 Å². The van der Waals surface area contributed by atoms with Gasteiger partial charge in [-0.15, -0.1) is 0 Å². The molecule has 2 aromatic carbocycles. The van der Waals surface area contributed by atoms with E-state index in [0.29, 0.717) is 16.3 Å². The Hall–Kier alpha value is -2.05. The number of anilines is 1. The first-order valence-electron chi connectivity index (χ1n) is 8.34. The van der Waals surface area contributed by atoms with E-state index in [1.54, 1.807) is 24.3 Å². The lowest BCUT2D eigenvalue weighted by molar-refractivity contribution is 0.0955. The van der Waals surface area contributed by atoms with Gasteiger partial charge in [-0.3, -0.25) is 9.10 Å². The maximum absolute atomic E-state index is 12.3. The molecule has 0 fully saturated rings. The molecule has 0 aromatic heterocycles. The lowest BCUT2D eigenvalue weighted by Crippen LogP contribution is -2.39. The molecule has 2 aromatic rings. The molecule has 26 heavy (non-hydrogen) atoms. The number of rotatable bonds is 7. The molecule has 1 amide bonds. The third-order valence-corrected chi connectivity index (χ3v) is 5.48. The average molecular weight is 395 g/mol. The van der Waals surface area contributed by atoms with Crippen molar-refractivity contribution in [3.05, 3.63) is 64.2 Å². The van der Waals surface area contributed by atoms with Crippen LogP contribution in [0.4, 0.5) is 5.69 Å². The van der Waals surface area contributed by atoms with Crippen LogP contribution in [0.3, 0.4) is 0 Å². The molecular weight excluding hydrogens is 372 g/mol. The Labute approximate surface area is 160 Å². The van der Waals surface area contributed by atoms with Crippen LogP contribution in [0, 0.1) is 6.92 Å². The highest BCUT2D eigenvalue weighted by molar-refractivity contribution is 7.92. The van der Waals surface area contributed by atoms with Gasteiger partial charge in [-0.05, 0) is 48.7 Å². The molecule has 0 aliphatic heterocycles. The van der Waals surface area contributed by atoms with Crippen molar-refractivity contribution in [3.8, 4) is 0 Å². The van der Waals surface area contributed by atoms with Crippen LogP contribution in [-0.2, 0) is 16.4 Å². The molecular formula is C19H23ClN2O3S. The monoisotopic (exact) mass is 394 g/mol. The predicted octanol–water partition coefficient (Wildman–Crippen LogP) is 3.41. The zero-order chi connectivity index (χ0) is 19.3. The number of para-hydroxylation sites is 1. The van der Waals surface area contributed by atoms with Gasteiger partial charge in [0.15, 0.2) is 0 Å². The van der Waals surface area contributed by atoms with E-state index in [0.717, 1.165) is 17.5 Å². The first kappa shape index (κ1) is 20.3. The number of sulfonamides is 1. The van der Waals surface area contributed by atoms with E-state index in [4.69, 9.17) is 11.6 Å². The van der Waals surface area contributed by atoms with Crippen LogP contribution < -0.4 is 9.62 Å². The van der Waals surface area contributed by atoms with Crippen molar-refractivity contribution in [3.63, 3.8) is 0 Å². The number of nitrogens with zero attached hydrogens (tertiary/aromatic N) is 1.